The average Bonchev–Trinajstić information content (AvgIpc) is 2.74. The van der Waals surface area contributed by atoms with Crippen LogP contribution >= 0.6 is 11.3 Å². The van der Waals surface area contributed by atoms with Gasteiger partial charge in [0.15, 0.2) is 0 Å². The number of carbonyl (C=O) groups excluding carboxylic acids is 1. The van der Waals surface area contributed by atoms with Crippen LogP contribution in [0, 0.1) is 13.8 Å². The lowest BCUT2D eigenvalue weighted by molar-refractivity contribution is 0.0965. The van der Waals surface area contributed by atoms with E-state index in [1.165, 1.54) is 22.5 Å². The maximum Gasteiger partial charge on any atom is 0.254 e. The van der Waals surface area contributed by atoms with Crippen molar-refractivity contribution in [3.05, 3.63) is 40.3 Å². The van der Waals surface area contributed by atoms with Crippen molar-refractivity contribution in [2.24, 2.45) is 0 Å². The smallest absolute Gasteiger partial charge is 0.254 e. The number of carbonyl (C=O) groups is 1. The Bertz CT molecular complexity index is 602. The molecule has 0 aliphatic heterocycles. The number of hydrogen-bond acceptors (Lipinski definition) is 3. The van der Waals surface area contributed by atoms with Gasteiger partial charge in [-0.15, -0.1) is 11.3 Å². The molecule has 1 aromatic heterocycles. The second-order valence-corrected chi connectivity index (χ2v) is 5.18. The largest absolute Gasteiger partial charge is 0.390 e. The standard InChI is InChI=1S/C14H16N2OS/c1-8-4-5-10(6-9(8)2)11-7-18-13(15)12(11)14(17)16-3/h4-7H,15H2,1-3H3,(H,16,17). The van der Waals surface area contributed by atoms with E-state index in [2.05, 4.69) is 31.3 Å². The quantitative estimate of drug-likeness (QED) is 0.872. The molecule has 1 aromatic carbocycles. The minimum Gasteiger partial charge on any atom is -0.390 e. The number of aryl methyl sites for hydroxylation is 2. The van der Waals surface area contributed by atoms with E-state index in [1.807, 2.05) is 11.4 Å². The molecule has 18 heavy (non-hydrogen) atoms. The number of hydrogen-bond donors (Lipinski definition) is 2. The number of nitrogens with two attached hydrogens (primary N) is 1. The molecular weight excluding hydrogens is 244 g/mol. The Morgan fingerprint density at radius 1 is 1.28 bits per heavy atom. The minimum atomic E-state index is -0.137. The molecule has 4 heteroatoms. The van der Waals surface area contributed by atoms with Gasteiger partial charge in [-0.25, -0.2) is 0 Å². The molecule has 3 nitrogen and oxygen atoms in total. The van der Waals surface area contributed by atoms with Crippen LogP contribution in [0.25, 0.3) is 11.1 Å². The first-order valence-corrected chi connectivity index (χ1v) is 6.59. The Morgan fingerprint density at radius 2 is 2.00 bits per heavy atom. The Hall–Kier alpha value is -1.81. The van der Waals surface area contributed by atoms with Gasteiger partial charge in [-0.2, -0.15) is 0 Å². The molecule has 0 atom stereocenters. The molecule has 0 unspecified atom stereocenters. The number of nitrogens with one attached hydrogen (secondary N) is 1. The van der Waals surface area contributed by atoms with Crippen LogP contribution in [0.5, 0.6) is 0 Å². The molecule has 1 amide bonds. The number of anilines is 1. The number of nitrogen functional groups attached to an aromatic ring is 1. The molecule has 0 bridgehead atoms. The van der Waals surface area contributed by atoms with Gasteiger partial charge in [0.05, 0.1) is 10.6 Å². The fraction of sp³-hybridized carbons (Fsp3) is 0.214. The second-order valence-electron chi connectivity index (χ2n) is 4.27. The first kappa shape index (κ1) is 12.6. The van der Waals surface area contributed by atoms with Gasteiger partial charge in [0.25, 0.3) is 5.91 Å². The molecule has 2 aromatic rings. The summed E-state index contributed by atoms with van der Waals surface area (Å²) < 4.78 is 0. The third-order valence-electron chi connectivity index (χ3n) is 3.09. The van der Waals surface area contributed by atoms with E-state index < -0.39 is 0 Å². The zero-order valence-corrected chi connectivity index (χ0v) is 11.5. The summed E-state index contributed by atoms with van der Waals surface area (Å²) in [4.78, 5) is 11.9. The van der Waals surface area contributed by atoms with Crippen molar-refractivity contribution >= 4 is 22.2 Å². The van der Waals surface area contributed by atoms with Crippen LogP contribution in [-0.4, -0.2) is 13.0 Å². The summed E-state index contributed by atoms with van der Waals surface area (Å²) in [5.74, 6) is -0.137. The van der Waals surface area contributed by atoms with Crippen molar-refractivity contribution in [1.82, 2.24) is 5.32 Å². The molecule has 0 fully saturated rings. The fourth-order valence-corrected chi connectivity index (χ4v) is 2.67. The Kier molecular flexibility index (Phi) is 3.39. The summed E-state index contributed by atoms with van der Waals surface area (Å²) in [6.45, 7) is 4.13. The average molecular weight is 260 g/mol. The van der Waals surface area contributed by atoms with Crippen molar-refractivity contribution in [1.29, 1.82) is 0 Å². The number of benzene rings is 1. The third kappa shape index (κ3) is 2.11. The van der Waals surface area contributed by atoms with E-state index in [4.69, 9.17) is 5.73 Å². The molecule has 1 heterocycles. The van der Waals surface area contributed by atoms with E-state index in [1.54, 1.807) is 7.05 Å². The molecule has 0 saturated carbocycles. The van der Waals surface area contributed by atoms with E-state index >= 15 is 0 Å². The van der Waals surface area contributed by atoms with Gasteiger partial charge in [0.1, 0.15) is 0 Å². The summed E-state index contributed by atoms with van der Waals surface area (Å²) in [7, 11) is 1.61. The van der Waals surface area contributed by atoms with Crippen molar-refractivity contribution in [2.75, 3.05) is 12.8 Å². The highest BCUT2D eigenvalue weighted by molar-refractivity contribution is 7.15. The predicted octanol–water partition coefficient (Wildman–Crippen LogP) is 2.97. The summed E-state index contributed by atoms with van der Waals surface area (Å²) in [6.07, 6.45) is 0. The van der Waals surface area contributed by atoms with Gasteiger partial charge in [0.2, 0.25) is 0 Å². The van der Waals surface area contributed by atoms with Crippen molar-refractivity contribution < 1.29 is 4.79 Å². The van der Waals surface area contributed by atoms with E-state index in [0.29, 0.717) is 10.6 Å². The molecule has 0 aliphatic carbocycles. The highest BCUT2D eigenvalue weighted by Crippen LogP contribution is 2.34. The molecule has 0 radical (unpaired) electrons. The van der Waals surface area contributed by atoms with Gasteiger partial charge >= 0.3 is 0 Å². The predicted molar refractivity (Wildman–Crippen MR) is 77.0 cm³/mol. The molecular formula is C14H16N2OS. The minimum absolute atomic E-state index is 0.137. The molecule has 94 valence electrons. The Labute approximate surface area is 111 Å². The van der Waals surface area contributed by atoms with Gasteiger partial charge in [-0.1, -0.05) is 18.2 Å². The SMILES string of the molecule is CNC(=O)c1c(-c2ccc(C)c(C)c2)csc1N. The van der Waals surface area contributed by atoms with E-state index in [9.17, 15) is 4.79 Å². The van der Waals surface area contributed by atoms with Crippen LogP contribution in [0.2, 0.25) is 0 Å². The van der Waals surface area contributed by atoms with Crippen LogP contribution in [0.15, 0.2) is 23.6 Å². The topological polar surface area (TPSA) is 55.1 Å². The van der Waals surface area contributed by atoms with Crippen LogP contribution in [0.4, 0.5) is 5.00 Å². The van der Waals surface area contributed by atoms with Crippen molar-refractivity contribution in [3.8, 4) is 11.1 Å². The second kappa shape index (κ2) is 4.82. The maximum absolute atomic E-state index is 11.9. The van der Waals surface area contributed by atoms with Gasteiger partial charge < -0.3 is 11.1 Å². The van der Waals surface area contributed by atoms with Gasteiger partial charge in [-0.05, 0) is 30.5 Å². The normalized spacial score (nSPS) is 10.4. The molecule has 0 spiro atoms. The van der Waals surface area contributed by atoms with Crippen LogP contribution in [-0.2, 0) is 0 Å². The lowest BCUT2D eigenvalue weighted by Gasteiger charge is -2.07. The van der Waals surface area contributed by atoms with Gasteiger partial charge in [-0.3, -0.25) is 4.79 Å². The summed E-state index contributed by atoms with van der Waals surface area (Å²) in [5, 5.41) is 5.12. The Balaban J connectivity index is 2.57. The zero-order chi connectivity index (χ0) is 13.3. The number of rotatable bonds is 2. The van der Waals surface area contributed by atoms with E-state index in [0.717, 1.165) is 11.1 Å². The highest BCUT2D eigenvalue weighted by Gasteiger charge is 2.17. The first-order chi connectivity index (χ1) is 8.54. The number of thiophene rings is 1. The molecule has 2 rings (SSSR count). The molecule has 3 N–H and O–H groups in total. The van der Waals surface area contributed by atoms with Crippen LogP contribution in [0.3, 0.4) is 0 Å². The lowest BCUT2D eigenvalue weighted by atomic mass is 9.99. The summed E-state index contributed by atoms with van der Waals surface area (Å²) in [6, 6.07) is 6.17. The van der Waals surface area contributed by atoms with Gasteiger partial charge in [0, 0.05) is 18.0 Å². The molecule has 0 aliphatic rings. The highest BCUT2D eigenvalue weighted by atomic mass is 32.1. The Morgan fingerprint density at radius 3 is 2.61 bits per heavy atom. The summed E-state index contributed by atoms with van der Waals surface area (Å²) in [5.41, 5.74) is 10.8. The monoisotopic (exact) mass is 260 g/mol. The fourth-order valence-electron chi connectivity index (χ4n) is 1.85. The van der Waals surface area contributed by atoms with Crippen LogP contribution < -0.4 is 11.1 Å². The summed E-state index contributed by atoms with van der Waals surface area (Å²) >= 11 is 1.40. The van der Waals surface area contributed by atoms with Crippen LogP contribution in [0.1, 0.15) is 21.5 Å². The van der Waals surface area contributed by atoms with Crippen molar-refractivity contribution in [3.63, 3.8) is 0 Å². The lowest BCUT2D eigenvalue weighted by Crippen LogP contribution is -2.19. The molecule has 0 saturated heterocycles. The zero-order valence-electron chi connectivity index (χ0n) is 10.7. The third-order valence-corrected chi connectivity index (χ3v) is 3.90. The maximum atomic E-state index is 11.9. The first-order valence-electron chi connectivity index (χ1n) is 5.71. The van der Waals surface area contributed by atoms with E-state index in [-0.39, 0.29) is 5.91 Å². The number of amides is 1. The van der Waals surface area contributed by atoms with Crippen molar-refractivity contribution in [2.45, 2.75) is 13.8 Å².